The van der Waals surface area contributed by atoms with Gasteiger partial charge in [-0.05, 0) is 25.5 Å². The summed E-state index contributed by atoms with van der Waals surface area (Å²) in [5, 5.41) is 9.41. The third-order valence-corrected chi connectivity index (χ3v) is 3.99. The van der Waals surface area contributed by atoms with Gasteiger partial charge in [0.05, 0.1) is 11.2 Å². The van der Waals surface area contributed by atoms with Crippen LogP contribution in [0, 0.1) is 6.92 Å². The van der Waals surface area contributed by atoms with Gasteiger partial charge in [-0.25, -0.2) is 0 Å². The molecule has 1 aromatic heterocycles. The highest BCUT2D eigenvalue weighted by molar-refractivity contribution is 5.81. The first kappa shape index (κ1) is 13.8. The topological polar surface area (TPSA) is 29.9 Å². The highest BCUT2D eigenvalue weighted by atomic mass is 15.3. The summed E-state index contributed by atoms with van der Waals surface area (Å²) < 4.78 is 1.95. The Labute approximate surface area is 125 Å². The van der Waals surface area contributed by atoms with Gasteiger partial charge in [0.1, 0.15) is 0 Å². The van der Waals surface area contributed by atoms with Crippen LogP contribution in [0.4, 0.5) is 0 Å². The smallest absolute Gasteiger partial charge is 0.0841 e. The van der Waals surface area contributed by atoms with Gasteiger partial charge in [-0.3, -0.25) is 4.68 Å². The molecule has 108 valence electrons. The molecule has 0 saturated carbocycles. The molecular formula is C18H21N3. The number of aromatic nitrogens is 2. The van der Waals surface area contributed by atoms with Crippen LogP contribution in [-0.2, 0) is 13.6 Å². The first-order valence-electron chi connectivity index (χ1n) is 7.35. The normalized spacial score (nSPS) is 12.7. The molecule has 0 spiro atoms. The van der Waals surface area contributed by atoms with Crippen LogP contribution < -0.4 is 5.32 Å². The fourth-order valence-corrected chi connectivity index (χ4v) is 2.64. The van der Waals surface area contributed by atoms with Gasteiger partial charge in [0.25, 0.3) is 0 Å². The Balaban J connectivity index is 1.76. The second kappa shape index (κ2) is 5.70. The van der Waals surface area contributed by atoms with Gasteiger partial charge in [-0.15, -0.1) is 0 Å². The molecule has 3 heteroatoms. The Morgan fingerprint density at radius 3 is 2.57 bits per heavy atom. The van der Waals surface area contributed by atoms with Crippen molar-refractivity contribution in [1.82, 2.24) is 15.1 Å². The molecule has 0 amide bonds. The molecule has 0 aliphatic heterocycles. The van der Waals surface area contributed by atoms with E-state index in [0.29, 0.717) is 6.04 Å². The SMILES string of the molecule is Cc1ccc(C(C)NCc2nn(C)c3ccccc23)cc1. The molecule has 2 aromatic carbocycles. The lowest BCUT2D eigenvalue weighted by molar-refractivity contribution is 0.563. The van der Waals surface area contributed by atoms with Crippen molar-refractivity contribution in [2.45, 2.75) is 26.4 Å². The second-order valence-corrected chi connectivity index (χ2v) is 5.60. The number of fused-ring (bicyclic) bond motifs is 1. The highest BCUT2D eigenvalue weighted by Crippen LogP contribution is 2.19. The van der Waals surface area contributed by atoms with Crippen LogP contribution in [0.25, 0.3) is 10.9 Å². The first-order chi connectivity index (χ1) is 10.1. The van der Waals surface area contributed by atoms with Crippen LogP contribution in [-0.4, -0.2) is 9.78 Å². The van der Waals surface area contributed by atoms with E-state index < -0.39 is 0 Å². The molecule has 21 heavy (non-hydrogen) atoms. The molecule has 0 fully saturated rings. The second-order valence-electron chi connectivity index (χ2n) is 5.60. The van der Waals surface area contributed by atoms with E-state index in [4.69, 9.17) is 0 Å². The molecule has 0 aliphatic rings. The molecule has 0 saturated heterocycles. The van der Waals surface area contributed by atoms with Crippen molar-refractivity contribution in [2.24, 2.45) is 7.05 Å². The van der Waals surface area contributed by atoms with Crippen molar-refractivity contribution in [2.75, 3.05) is 0 Å². The number of para-hydroxylation sites is 1. The summed E-state index contributed by atoms with van der Waals surface area (Å²) in [6.07, 6.45) is 0. The maximum atomic E-state index is 4.62. The van der Waals surface area contributed by atoms with Gasteiger partial charge < -0.3 is 5.32 Å². The summed E-state index contributed by atoms with van der Waals surface area (Å²) in [5.74, 6) is 0. The fraction of sp³-hybridized carbons (Fsp3) is 0.278. The minimum atomic E-state index is 0.311. The van der Waals surface area contributed by atoms with Crippen molar-refractivity contribution in [1.29, 1.82) is 0 Å². The number of hydrogen-bond acceptors (Lipinski definition) is 2. The molecule has 3 nitrogen and oxygen atoms in total. The summed E-state index contributed by atoms with van der Waals surface area (Å²) in [4.78, 5) is 0. The van der Waals surface area contributed by atoms with E-state index in [2.05, 4.69) is 72.8 Å². The van der Waals surface area contributed by atoms with Crippen LogP contribution in [0.2, 0.25) is 0 Å². The zero-order valence-corrected chi connectivity index (χ0v) is 12.8. The van der Waals surface area contributed by atoms with Gasteiger partial charge in [-0.2, -0.15) is 5.10 Å². The zero-order valence-electron chi connectivity index (χ0n) is 12.8. The lowest BCUT2D eigenvalue weighted by Crippen LogP contribution is -2.18. The third kappa shape index (κ3) is 2.83. The number of benzene rings is 2. The molecule has 1 unspecified atom stereocenters. The quantitative estimate of drug-likeness (QED) is 0.788. The molecule has 0 aliphatic carbocycles. The van der Waals surface area contributed by atoms with E-state index in [1.54, 1.807) is 0 Å². The molecule has 3 rings (SSSR count). The zero-order chi connectivity index (χ0) is 14.8. The van der Waals surface area contributed by atoms with Crippen molar-refractivity contribution in [3.63, 3.8) is 0 Å². The summed E-state index contributed by atoms with van der Waals surface area (Å²) in [7, 11) is 2.00. The minimum Gasteiger partial charge on any atom is -0.304 e. The van der Waals surface area contributed by atoms with Crippen molar-refractivity contribution < 1.29 is 0 Å². The standard InChI is InChI=1S/C18H21N3/c1-13-8-10-15(11-9-13)14(2)19-12-17-16-6-4-5-7-18(16)21(3)20-17/h4-11,14,19H,12H2,1-3H3. The summed E-state index contributed by atoms with van der Waals surface area (Å²) in [6.45, 7) is 5.08. The Hall–Kier alpha value is -2.13. The average Bonchev–Trinajstić information content (AvgIpc) is 2.83. The van der Waals surface area contributed by atoms with Crippen LogP contribution in [0.1, 0.15) is 29.8 Å². The Bertz CT molecular complexity index is 741. The van der Waals surface area contributed by atoms with E-state index in [1.165, 1.54) is 22.0 Å². The van der Waals surface area contributed by atoms with Crippen LogP contribution in [0.5, 0.6) is 0 Å². The lowest BCUT2D eigenvalue weighted by atomic mass is 10.1. The van der Waals surface area contributed by atoms with Gasteiger partial charge >= 0.3 is 0 Å². The maximum absolute atomic E-state index is 4.62. The molecule has 0 radical (unpaired) electrons. The van der Waals surface area contributed by atoms with E-state index in [1.807, 2.05) is 11.7 Å². The average molecular weight is 279 g/mol. The van der Waals surface area contributed by atoms with Gasteiger partial charge in [0.2, 0.25) is 0 Å². The monoisotopic (exact) mass is 279 g/mol. The van der Waals surface area contributed by atoms with Gasteiger partial charge in [0.15, 0.2) is 0 Å². The predicted molar refractivity (Wildman–Crippen MR) is 87.1 cm³/mol. The molecule has 1 heterocycles. The van der Waals surface area contributed by atoms with Crippen molar-refractivity contribution in [3.8, 4) is 0 Å². The van der Waals surface area contributed by atoms with E-state index in [9.17, 15) is 0 Å². The molecule has 1 N–H and O–H groups in total. The third-order valence-electron chi connectivity index (χ3n) is 3.99. The van der Waals surface area contributed by atoms with E-state index >= 15 is 0 Å². The maximum Gasteiger partial charge on any atom is 0.0841 e. The molecule has 0 bridgehead atoms. The van der Waals surface area contributed by atoms with Crippen molar-refractivity contribution >= 4 is 10.9 Å². The fourth-order valence-electron chi connectivity index (χ4n) is 2.64. The Kier molecular flexibility index (Phi) is 3.76. The summed E-state index contributed by atoms with van der Waals surface area (Å²) >= 11 is 0. The van der Waals surface area contributed by atoms with Crippen LogP contribution >= 0.6 is 0 Å². The largest absolute Gasteiger partial charge is 0.304 e. The Morgan fingerprint density at radius 1 is 1.10 bits per heavy atom. The number of nitrogens with one attached hydrogen (secondary N) is 1. The van der Waals surface area contributed by atoms with Crippen LogP contribution in [0.15, 0.2) is 48.5 Å². The molecular weight excluding hydrogens is 258 g/mol. The van der Waals surface area contributed by atoms with E-state index in [0.717, 1.165) is 12.2 Å². The number of hydrogen-bond donors (Lipinski definition) is 1. The minimum absolute atomic E-state index is 0.311. The summed E-state index contributed by atoms with van der Waals surface area (Å²) in [6, 6.07) is 17.4. The van der Waals surface area contributed by atoms with Crippen molar-refractivity contribution in [3.05, 3.63) is 65.4 Å². The molecule has 3 aromatic rings. The van der Waals surface area contributed by atoms with Gasteiger partial charge in [0, 0.05) is 25.0 Å². The number of rotatable bonds is 4. The highest BCUT2D eigenvalue weighted by Gasteiger charge is 2.10. The number of nitrogens with zero attached hydrogens (tertiary/aromatic N) is 2. The lowest BCUT2D eigenvalue weighted by Gasteiger charge is -2.13. The van der Waals surface area contributed by atoms with E-state index in [-0.39, 0.29) is 0 Å². The van der Waals surface area contributed by atoms with Gasteiger partial charge in [-0.1, -0.05) is 48.0 Å². The summed E-state index contributed by atoms with van der Waals surface area (Å²) in [5.41, 5.74) is 4.88. The number of aryl methyl sites for hydroxylation is 2. The van der Waals surface area contributed by atoms with Crippen LogP contribution in [0.3, 0.4) is 0 Å². The predicted octanol–water partition coefficient (Wildman–Crippen LogP) is 3.73. The first-order valence-corrected chi connectivity index (χ1v) is 7.35. The Morgan fingerprint density at radius 2 is 1.81 bits per heavy atom. The molecule has 1 atom stereocenters.